The Hall–Kier alpha value is -2.83. The van der Waals surface area contributed by atoms with Gasteiger partial charge in [0.15, 0.2) is 5.96 Å². The van der Waals surface area contributed by atoms with E-state index in [4.69, 9.17) is 5.73 Å². The third-order valence-corrected chi connectivity index (χ3v) is 4.08. The predicted molar refractivity (Wildman–Crippen MR) is 94.1 cm³/mol. The van der Waals surface area contributed by atoms with Crippen LogP contribution >= 0.6 is 0 Å². The van der Waals surface area contributed by atoms with Gasteiger partial charge >= 0.3 is 0 Å². The van der Waals surface area contributed by atoms with Gasteiger partial charge in [0.1, 0.15) is 5.69 Å². The maximum atomic E-state index is 11.7. The van der Waals surface area contributed by atoms with Crippen molar-refractivity contribution in [3.05, 3.63) is 47.3 Å². The van der Waals surface area contributed by atoms with Gasteiger partial charge in [0.25, 0.3) is 5.91 Å². The molecule has 5 N–H and O–H groups in total. The molecule has 0 saturated heterocycles. The lowest BCUT2D eigenvalue weighted by Gasteiger charge is -2.19. The topological polar surface area (TPSA) is 108 Å². The zero-order chi connectivity index (χ0) is 16.8. The number of rotatable bonds is 5. The van der Waals surface area contributed by atoms with Gasteiger partial charge in [-0.05, 0) is 48.9 Å². The summed E-state index contributed by atoms with van der Waals surface area (Å²) in [4.78, 5) is 16.0. The lowest BCUT2D eigenvalue weighted by Crippen LogP contribution is -2.29. The van der Waals surface area contributed by atoms with E-state index < -0.39 is 0 Å². The summed E-state index contributed by atoms with van der Waals surface area (Å²) in [5.41, 5.74) is 10.2. The van der Waals surface area contributed by atoms with Gasteiger partial charge < -0.3 is 16.4 Å². The lowest BCUT2D eigenvalue weighted by molar-refractivity contribution is 0.0950. The number of hydrogen-bond donors (Lipinski definition) is 4. The van der Waals surface area contributed by atoms with Crippen LogP contribution in [0.15, 0.2) is 35.5 Å². The number of guanidine groups is 1. The second-order valence-corrected chi connectivity index (χ2v) is 5.77. The number of fused-ring (bicyclic) bond motifs is 1. The number of carbonyl (C=O) groups excluding carboxylic acids is 1. The van der Waals surface area contributed by atoms with Crippen LogP contribution in [-0.4, -0.2) is 35.2 Å². The van der Waals surface area contributed by atoms with Crippen LogP contribution in [0.2, 0.25) is 0 Å². The molecule has 0 spiro atoms. The number of nitrogens with zero attached hydrogens (tertiary/aromatic N) is 2. The number of carbonyl (C=O) groups is 1. The molecule has 1 aliphatic carbocycles. The number of nitrogens with two attached hydrogens (primary N) is 1. The van der Waals surface area contributed by atoms with E-state index in [0.717, 1.165) is 18.5 Å². The molecule has 0 saturated carbocycles. The van der Waals surface area contributed by atoms with E-state index in [1.807, 2.05) is 12.1 Å². The Labute approximate surface area is 140 Å². The van der Waals surface area contributed by atoms with Crippen LogP contribution in [0.1, 0.15) is 34.5 Å². The van der Waals surface area contributed by atoms with Gasteiger partial charge in [-0.2, -0.15) is 5.10 Å². The highest BCUT2D eigenvalue weighted by Gasteiger charge is 2.13. The predicted octanol–water partition coefficient (Wildman–Crippen LogP) is 1.45. The van der Waals surface area contributed by atoms with Crippen molar-refractivity contribution in [1.29, 1.82) is 0 Å². The summed E-state index contributed by atoms with van der Waals surface area (Å²) in [7, 11) is 0. The number of nitrogens with one attached hydrogen (secondary N) is 3. The monoisotopic (exact) mass is 326 g/mol. The summed E-state index contributed by atoms with van der Waals surface area (Å²) in [6.07, 6.45) is 6.20. The van der Waals surface area contributed by atoms with Crippen molar-refractivity contribution >= 4 is 17.6 Å². The second-order valence-electron chi connectivity index (χ2n) is 5.77. The molecule has 7 heteroatoms. The number of aromatic amines is 1. The molecule has 1 aromatic heterocycles. The number of hydrogen-bond acceptors (Lipinski definition) is 3. The molecule has 0 atom stereocenters. The Kier molecular flexibility index (Phi) is 5.10. The average Bonchev–Trinajstić information content (AvgIpc) is 3.14. The molecule has 2 aromatic rings. The molecule has 1 heterocycles. The van der Waals surface area contributed by atoms with Crippen molar-refractivity contribution in [3.8, 4) is 0 Å². The van der Waals surface area contributed by atoms with Gasteiger partial charge in [-0.25, -0.2) is 0 Å². The van der Waals surface area contributed by atoms with Gasteiger partial charge in [0.2, 0.25) is 0 Å². The Morgan fingerprint density at radius 2 is 2.17 bits per heavy atom. The molecule has 0 radical (unpaired) electrons. The first-order valence-electron chi connectivity index (χ1n) is 8.19. The third kappa shape index (κ3) is 3.92. The highest BCUT2D eigenvalue weighted by Crippen LogP contribution is 2.27. The van der Waals surface area contributed by atoms with Crippen LogP contribution in [0.4, 0.5) is 5.69 Å². The van der Waals surface area contributed by atoms with E-state index in [1.54, 1.807) is 6.07 Å². The molecule has 24 heavy (non-hydrogen) atoms. The molecular formula is C17H22N6O. The first kappa shape index (κ1) is 16.0. The maximum absolute atomic E-state index is 11.7. The summed E-state index contributed by atoms with van der Waals surface area (Å²) in [5, 5.41) is 12.3. The third-order valence-electron chi connectivity index (χ3n) is 4.08. The minimum absolute atomic E-state index is 0.202. The maximum Gasteiger partial charge on any atom is 0.269 e. The van der Waals surface area contributed by atoms with Crippen LogP contribution < -0.4 is 16.4 Å². The first-order valence-corrected chi connectivity index (χ1v) is 8.19. The quantitative estimate of drug-likeness (QED) is 0.379. The fraction of sp³-hybridized carbons (Fsp3) is 0.353. The highest BCUT2D eigenvalue weighted by atomic mass is 16.1. The Morgan fingerprint density at radius 3 is 3.00 bits per heavy atom. The van der Waals surface area contributed by atoms with E-state index in [9.17, 15) is 4.79 Å². The Balaban J connectivity index is 1.51. The van der Waals surface area contributed by atoms with E-state index in [-0.39, 0.29) is 5.91 Å². The van der Waals surface area contributed by atoms with Gasteiger partial charge in [0, 0.05) is 18.4 Å². The SMILES string of the molecule is NC(=NCCNC(=O)c1ccn[nH]1)Nc1cccc2c1CCCC2. The van der Waals surface area contributed by atoms with Crippen molar-refractivity contribution in [2.24, 2.45) is 10.7 Å². The molecule has 3 rings (SSSR count). The zero-order valence-electron chi connectivity index (χ0n) is 13.5. The van der Waals surface area contributed by atoms with Crippen LogP contribution in [0.25, 0.3) is 0 Å². The second kappa shape index (κ2) is 7.63. The standard InChI is InChI=1S/C17H22N6O/c18-17(20-11-10-19-16(24)15-8-9-21-23-15)22-14-7-3-5-12-4-1-2-6-13(12)14/h3,5,7-9H,1-2,4,6,10-11H2,(H,19,24)(H,21,23)(H3,18,20,22). The number of H-pyrrole nitrogens is 1. The van der Waals surface area contributed by atoms with Gasteiger partial charge in [0.05, 0.1) is 6.54 Å². The average molecular weight is 326 g/mol. The molecule has 0 fully saturated rings. The fourth-order valence-electron chi connectivity index (χ4n) is 2.90. The molecule has 1 aliphatic rings. The zero-order valence-corrected chi connectivity index (χ0v) is 13.5. The van der Waals surface area contributed by atoms with Gasteiger partial charge in [-0.15, -0.1) is 0 Å². The normalized spacial score (nSPS) is 14.1. The molecule has 1 amide bonds. The minimum Gasteiger partial charge on any atom is -0.370 e. The van der Waals surface area contributed by atoms with Crippen LogP contribution in [0, 0.1) is 0 Å². The smallest absolute Gasteiger partial charge is 0.269 e. The minimum atomic E-state index is -0.202. The fourth-order valence-corrected chi connectivity index (χ4v) is 2.90. The van der Waals surface area contributed by atoms with Crippen molar-refractivity contribution in [2.75, 3.05) is 18.4 Å². The summed E-state index contributed by atoms with van der Waals surface area (Å²) in [6, 6.07) is 7.88. The summed E-state index contributed by atoms with van der Waals surface area (Å²) in [5.74, 6) is 0.163. The summed E-state index contributed by atoms with van der Waals surface area (Å²) >= 11 is 0. The number of amides is 1. The molecule has 0 unspecified atom stereocenters. The molecular weight excluding hydrogens is 304 g/mol. The lowest BCUT2D eigenvalue weighted by atomic mass is 9.90. The van der Waals surface area contributed by atoms with Gasteiger partial charge in [-0.3, -0.25) is 14.9 Å². The number of benzene rings is 1. The number of aryl methyl sites for hydroxylation is 1. The van der Waals surface area contributed by atoms with Crippen LogP contribution in [0.5, 0.6) is 0 Å². The van der Waals surface area contributed by atoms with E-state index in [2.05, 4.69) is 31.9 Å². The van der Waals surface area contributed by atoms with Crippen molar-refractivity contribution in [2.45, 2.75) is 25.7 Å². The van der Waals surface area contributed by atoms with E-state index >= 15 is 0 Å². The summed E-state index contributed by atoms with van der Waals surface area (Å²) < 4.78 is 0. The van der Waals surface area contributed by atoms with Crippen molar-refractivity contribution < 1.29 is 4.79 Å². The first-order chi connectivity index (χ1) is 11.7. The van der Waals surface area contributed by atoms with E-state index in [0.29, 0.717) is 24.7 Å². The highest BCUT2D eigenvalue weighted by molar-refractivity contribution is 5.93. The van der Waals surface area contributed by atoms with Crippen molar-refractivity contribution in [3.63, 3.8) is 0 Å². The molecule has 1 aromatic carbocycles. The van der Waals surface area contributed by atoms with Crippen LogP contribution in [0.3, 0.4) is 0 Å². The Bertz CT molecular complexity index is 723. The molecule has 0 aliphatic heterocycles. The van der Waals surface area contributed by atoms with Crippen molar-refractivity contribution in [1.82, 2.24) is 15.5 Å². The number of anilines is 1. The largest absolute Gasteiger partial charge is 0.370 e. The number of aromatic nitrogens is 2. The van der Waals surface area contributed by atoms with E-state index in [1.165, 1.54) is 30.2 Å². The Morgan fingerprint density at radius 1 is 1.29 bits per heavy atom. The molecule has 7 nitrogen and oxygen atoms in total. The number of aliphatic imine (C=N–C) groups is 1. The van der Waals surface area contributed by atoms with Crippen LogP contribution in [-0.2, 0) is 12.8 Å². The molecule has 126 valence electrons. The summed E-state index contributed by atoms with van der Waals surface area (Å²) in [6.45, 7) is 0.820. The molecule has 0 bridgehead atoms. The van der Waals surface area contributed by atoms with Gasteiger partial charge in [-0.1, -0.05) is 12.1 Å².